The van der Waals surface area contributed by atoms with Crippen LogP contribution in [0, 0.1) is 11.3 Å². The zero-order valence-electron chi connectivity index (χ0n) is 18.3. The molecule has 4 aromatic rings. The molecule has 0 bridgehead atoms. The summed E-state index contributed by atoms with van der Waals surface area (Å²) in [5.41, 5.74) is 3.98. The second-order valence-corrected chi connectivity index (χ2v) is 8.28. The number of halogens is 1. The fourth-order valence-electron chi connectivity index (χ4n) is 3.39. The summed E-state index contributed by atoms with van der Waals surface area (Å²) in [5.74, 6) is 0.0860. The van der Waals surface area contributed by atoms with Gasteiger partial charge in [-0.2, -0.15) is 5.26 Å². The zero-order chi connectivity index (χ0) is 23.9. The largest absolute Gasteiger partial charge is 0.438 e. The maximum absolute atomic E-state index is 12.6. The summed E-state index contributed by atoms with van der Waals surface area (Å²) in [6.45, 7) is 1.46. The number of furan rings is 1. The molecule has 168 valence electrons. The number of nitrogens with one attached hydrogen (secondary N) is 1. The van der Waals surface area contributed by atoms with Crippen LogP contribution in [-0.4, -0.2) is 18.2 Å². The summed E-state index contributed by atoms with van der Waals surface area (Å²) in [5, 5.41) is 16.6. The second kappa shape index (κ2) is 10.6. The Morgan fingerprint density at radius 3 is 2.24 bits per heavy atom. The molecule has 1 N–H and O–H groups in total. The van der Waals surface area contributed by atoms with Gasteiger partial charge in [-0.05, 0) is 30.2 Å². The molecule has 34 heavy (non-hydrogen) atoms. The van der Waals surface area contributed by atoms with Gasteiger partial charge in [-0.15, -0.1) is 0 Å². The van der Waals surface area contributed by atoms with E-state index in [1.165, 1.54) is 0 Å². The van der Waals surface area contributed by atoms with Gasteiger partial charge in [0.1, 0.15) is 17.4 Å². The summed E-state index contributed by atoms with van der Waals surface area (Å²) in [6, 6.07) is 28.7. The van der Waals surface area contributed by atoms with Crippen molar-refractivity contribution in [3.63, 3.8) is 0 Å². The zero-order valence-corrected chi connectivity index (χ0v) is 19.9. The van der Waals surface area contributed by atoms with E-state index in [0.29, 0.717) is 17.0 Å². The summed E-state index contributed by atoms with van der Waals surface area (Å²) in [4.78, 5) is 17.8. The van der Waals surface area contributed by atoms with Crippen LogP contribution in [0.2, 0.25) is 0 Å². The van der Waals surface area contributed by atoms with Gasteiger partial charge in [0.2, 0.25) is 5.88 Å². The fourth-order valence-corrected chi connectivity index (χ4v) is 3.66. The standard InChI is InChI=1S/C27H20BrN3O3/c1-18(19-12-14-22(28)15-13-19)31-33-17-24(32)30-27-23(16-29)25(20-8-4-2-5-9-20)26(34-27)21-10-6-3-7-11-21/h2-15H,17H2,1H3,(H,30,32)/b31-18+. The number of hydrogen-bond donors (Lipinski definition) is 1. The molecular weight excluding hydrogens is 494 g/mol. The molecule has 0 aliphatic rings. The molecule has 6 nitrogen and oxygen atoms in total. The van der Waals surface area contributed by atoms with Crippen LogP contribution in [0.3, 0.4) is 0 Å². The Kier molecular flexibility index (Phi) is 7.21. The van der Waals surface area contributed by atoms with Crippen LogP contribution in [0.15, 0.2) is 99.0 Å². The van der Waals surface area contributed by atoms with Gasteiger partial charge in [0.25, 0.3) is 5.91 Å². The molecule has 0 saturated carbocycles. The van der Waals surface area contributed by atoms with E-state index in [4.69, 9.17) is 9.25 Å². The minimum Gasteiger partial charge on any atom is -0.438 e. The van der Waals surface area contributed by atoms with Gasteiger partial charge in [0, 0.05) is 15.6 Å². The highest BCUT2D eigenvalue weighted by molar-refractivity contribution is 9.10. The van der Waals surface area contributed by atoms with Crippen LogP contribution in [0.5, 0.6) is 0 Å². The predicted octanol–water partition coefficient (Wildman–Crippen LogP) is 6.63. The SMILES string of the molecule is C/C(=N\OCC(=O)Nc1oc(-c2ccccc2)c(-c2ccccc2)c1C#N)c1ccc(Br)cc1. The van der Waals surface area contributed by atoms with Gasteiger partial charge in [0.15, 0.2) is 6.61 Å². The molecule has 1 heterocycles. The summed E-state index contributed by atoms with van der Waals surface area (Å²) in [6.07, 6.45) is 0. The maximum Gasteiger partial charge on any atom is 0.267 e. The number of benzene rings is 3. The van der Waals surface area contributed by atoms with Crippen molar-refractivity contribution in [1.29, 1.82) is 5.26 Å². The van der Waals surface area contributed by atoms with Crippen molar-refractivity contribution < 1.29 is 14.0 Å². The average molecular weight is 514 g/mol. The van der Waals surface area contributed by atoms with Crippen LogP contribution in [0.25, 0.3) is 22.5 Å². The summed E-state index contributed by atoms with van der Waals surface area (Å²) >= 11 is 3.39. The Morgan fingerprint density at radius 2 is 1.62 bits per heavy atom. The van der Waals surface area contributed by atoms with Gasteiger partial charge in [0.05, 0.1) is 5.71 Å². The molecule has 4 rings (SSSR count). The number of nitrogens with zero attached hydrogens (tertiary/aromatic N) is 2. The van der Waals surface area contributed by atoms with Crippen molar-refractivity contribution in [2.24, 2.45) is 5.16 Å². The van der Waals surface area contributed by atoms with Gasteiger partial charge >= 0.3 is 0 Å². The molecular formula is C27H20BrN3O3. The highest BCUT2D eigenvalue weighted by Gasteiger charge is 2.24. The topological polar surface area (TPSA) is 87.6 Å². The smallest absolute Gasteiger partial charge is 0.267 e. The molecule has 0 aliphatic carbocycles. The lowest BCUT2D eigenvalue weighted by Crippen LogP contribution is -2.17. The highest BCUT2D eigenvalue weighted by atomic mass is 79.9. The Hall–Kier alpha value is -4.15. The summed E-state index contributed by atoms with van der Waals surface area (Å²) in [7, 11) is 0. The van der Waals surface area contributed by atoms with Crippen molar-refractivity contribution in [1.82, 2.24) is 0 Å². The van der Waals surface area contributed by atoms with Crippen molar-refractivity contribution in [2.75, 3.05) is 11.9 Å². The van der Waals surface area contributed by atoms with Gasteiger partial charge in [-0.3, -0.25) is 10.1 Å². The van der Waals surface area contributed by atoms with Gasteiger partial charge < -0.3 is 9.25 Å². The summed E-state index contributed by atoms with van der Waals surface area (Å²) < 4.78 is 6.96. The molecule has 0 atom stereocenters. The molecule has 0 radical (unpaired) electrons. The first-order valence-corrected chi connectivity index (χ1v) is 11.3. The average Bonchev–Trinajstić information content (AvgIpc) is 3.23. The number of oxime groups is 1. The molecule has 0 fully saturated rings. The molecule has 3 aromatic carbocycles. The van der Waals surface area contributed by atoms with Crippen LogP contribution >= 0.6 is 15.9 Å². The lowest BCUT2D eigenvalue weighted by atomic mass is 9.98. The first-order chi connectivity index (χ1) is 16.6. The normalized spacial score (nSPS) is 11.0. The lowest BCUT2D eigenvalue weighted by molar-refractivity contribution is -0.120. The highest BCUT2D eigenvalue weighted by Crippen LogP contribution is 2.41. The number of anilines is 1. The Morgan fingerprint density at radius 1 is 1.00 bits per heavy atom. The number of nitriles is 1. The van der Waals surface area contributed by atoms with Crippen LogP contribution in [0.1, 0.15) is 18.1 Å². The van der Waals surface area contributed by atoms with E-state index in [0.717, 1.165) is 21.2 Å². The molecule has 1 amide bonds. The van der Waals surface area contributed by atoms with E-state index < -0.39 is 5.91 Å². The third-order valence-corrected chi connectivity index (χ3v) is 5.56. The minimum absolute atomic E-state index is 0.0717. The molecule has 0 saturated heterocycles. The van der Waals surface area contributed by atoms with Crippen molar-refractivity contribution >= 4 is 33.4 Å². The van der Waals surface area contributed by atoms with E-state index >= 15 is 0 Å². The van der Waals surface area contributed by atoms with E-state index in [2.05, 4.69) is 32.5 Å². The van der Waals surface area contributed by atoms with Crippen LogP contribution < -0.4 is 5.32 Å². The number of rotatable bonds is 7. The van der Waals surface area contributed by atoms with Gasteiger partial charge in [-0.25, -0.2) is 0 Å². The Bertz CT molecular complexity index is 1360. The number of hydrogen-bond acceptors (Lipinski definition) is 5. The van der Waals surface area contributed by atoms with Crippen molar-refractivity contribution in [3.05, 3.63) is 101 Å². The fraction of sp³-hybridized carbons (Fsp3) is 0.0741. The third-order valence-electron chi connectivity index (χ3n) is 5.03. The first kappa shape index (κ1) is 23.0. The molecule has 1 aromatic heterocycles. The second-order valence-electron chi connectivity index (χ2n) is 7.36. The van der Waals surface area contributed by atoms with E-state index in [1.807, 2.05) is 84.9 Å². The van der Waals surface area contributed by atoms with E-state index in [-0.39, 0.29) is 18.1 Å². The van der Waals surface area contributed by atoms with Crippen molar-refractivity contribution in [2.45, 2.75) is 6.92 Å². The van der Waals surface area contributed by atoms with Crippen LogP contribution in [-0.2, 0) is 9.63 Å². The molecule has 0 spiro atoms. The molecule has 7 heteroatoms. The number of amides is 1. The lowest BCUT2D eigenvalue weighted by Gasteiger charge is -2.04. The first-order valence-electron chi connectivity index (χ1n) is 10.5. The third kappa shape index (κ3) is 5.25. The van der Waals surface area contributed by atoms with E-state index in [1.54, 1.807) is 6.92 Å². The monoisotopic (exact) mass is 513 g/mol. The minimum atomic E-state index is -0.489. The van der Waals surface area contributed by atoms with Gasteiger partial charge in [-0.1, -0.05) is 93.9 Å². The quantitative estimate of drug-likeness (QED) is 0.222. The van der Waals surface area contributed by atoms with Crippen LogP contribution in [0.4, 0.5) is 5.88 Å². The number of carbonyl (C=O) groups is 1. The molecule has 0 aliphatic heterocycles. The Balaban J connectivity index is 1.56. The maximum atomic E-state index is 12.6. The number of carbonyl (C=O) groups excluding carboxylic acids is 1. The van der Waals surface area contributed by atoms with Crippen molar-refractivity contribution in [3.8, 4) is 28.5 Å². The molecule has 0 unspecified atom stereocenters. The van der Waals surface area contributed by atoms with E-state index in [9.17, 15) is 10.1 Å². The predicted molar refractivity (Wildman–Crippen MR) is 135 cm³/mol. The Labute approximate surface area is 205 Å².